The highest BCUT2D eigenvalue weighted by molar-refractivity contribution is 6.30. The maximum atomic E-state index is 13.0. The molecule has 2 saturated carbocycles. The number of rotatable bonds is 4. The van der Waals surface area contributed by atoms with Crippen molar-refractivity contribution >= 4 is 29.9 Å². The normalized spacial score (nSPS) is 31.5. The van der Waals surface area contributed by atoms with Gasteiger partial charge in [-0.1, -0.05) is 30.2 Å². The van der Waals surface area contributed by atoms with E-state index < -0.39 is 0 Å². The molecule has 1 aromatic rings. The summed E-state index contributed by atoms with van der Waals surface area (Å²) in [5.74, 6) is 1.41. The number of nitrogens with two attached hydrogens (primary N) is 1. The molecule has 0 aromatic heterocycles. The van der Waals surface area contributed by atoms with Crippen LogP contribution in [0.25, 0.3) is 0 Å². The molecule has 2 bridgehead atoms. The van der Waals surface area contributed by atoms with Gasteiger partial charge in [-0.25, -0.2) is 0 Å². The van der Waals surface area contributed by atoms with Crippen molar-refractivity contribution in [3.8, 4) is 0 Å². The van der Waals surface area contributed by atoms with E-state index in [-0.39, 0.29) is 29.6 Å². The number of benzene rings is 1. The van der Waals surface area contributed by atoms with Crippen molar-refractivity contribution in [2.45, 2.75) is 56.4 Å². The summed E-state index contributed by atoms with van der Waals surface area (Å²) in [6.07, 6.45) is 7.42. The van der Waals surface area contributed by atoms with E-state index in [1.807, 2.05) is 12.1 Å². The van der Waals surface area contributed by atoms with Crippen LogP contribution >= 0.6 is 24.0 Å². The molecule has 1 saturated heterocycles. The molecule has 0 radical (unpaired) electrons. The minimum Gasteiger partial charge on any atom is -0.381 e. The Bertz CT molecular complexity index is 647. The Hall–Kier alpha value is -0.810. The molecular weight excluding hydrogens is 395 g/mol. The van der Waals surface area contributed by atoms with Gasteiger partial charge in [-0.05, 0) is 68.1 Å². The predicted octanol–water partition coefficient (Wildman–Crippen LogP) is 4.08. The van der Waals surface area contributed by atoms with Crippen LogP contribution in [0.5, 0.6) is 0 Å². The largest absolute Gasteiger partial charge is 0.381 e. The molecule has 3 fully saturated rings. The fourth-order valence-electron chi connectivity index (χ4n) is 5.54. The smallest absolute Gasteiger partial charge is 0.223 e. The summed E-state index contributed by atoms with van der Waals surface area (Å²) < 4.78 is 5.60. The first-order valence-electron chi connectivity index (χ1n) is 10.4. The third-order valence-electron chi connectivity index (χ3n) is 7.29. The number of carbonyl (C=O) groups is 1. The minimum atomic E-state index is -0.0561. The first kappa shape index (κ1) is 21.9. The molecule has 156 valence electrons. The molecule has 3 N–H and O–H groups in total. The molecule has 6 heteroatoms. The maximum Gasteiger partial charge on any atom is 0.223 e. The average Bonchev–Trinajstić information content (AvgIpc) is 2.67. The van der Waals surface area contributed by atoms with Gasteiger partial charge in [-0.15, -0.1) is 12.4 Å². The van der Waals surface area contributed by atoms with Crippen molar-refractivity contribution in [3.63, 3.8) is 0 Å². The van der Waals surface area contributed by atoms with Crippen LogP contribution in [0.1, 0.15) is 50.5 Å². The molecule has 2 atom stereocenters. The Balaban J connectivity index is 0.00000225. The van der Waals surface area contributed by atoms with Gasteiger partial charge in [0.15, 0.2) is 0 Å². The Morgan fingerprint density at radius 2 is 1.75 bits per heavy atom. The zero-order valence-corrected chi connectivity index (χ0v) is 17.9. The van der Waals surface area contributed by atoms with Gasteiger partial charge in [-0.2, -0.15) is 0 Å². The van der Waals surface area contributed by atoms with E-state index >= 15 is 0 Å². The lowest BCUT2D eigenvalue weighted by Crippen LogP contribution is -2.51. The summed E-state index contributed by atoms with van der Waals surface area (Å²) in [5.41, 5.74) is 7.58. The van der Waals surface area contributed by atoms with Crippen LogP contribution in [0.3, 0.4) is 0 Å². The lowest BCUT2D eigenvalue weighted by molar-refractivity contribution is -0.128. The Morgan fingerprint density at radius 1 is 1.14 bits per heavy atom. The van der Waals surface area contributed by atoms with E-state index in [2.05, 4.69) is 17.4 Å². The minimum absolute atomic E-state index is 0. The zero-order valence-electron chi connectivity index (χ0n) is 16.4. The van der Waals surface area contributed by atoms with Gasteiger partial charge < -0.3 is 15.8 Å². The van der Waals surface area contributed by atoms with E-state index in [0.29, 0.717) is 24.4 Å². The lowest BCUT2D eigenvalue weighted by atomic mass is 9.65. The van der Waals surface area contributed by atoms with Crippen molar-refractivity contribution < 1.29 is 9.53 Å². The Morgan fingerprint density at radius 3 is 2.36 bits per heavy atom. The Labute approximate surface area is 179 Å². The van der Waals surface area contributed by atoms with Gasteiger partial charge in [0.1, 0.15) is 0 Å². The number of ether oxygens (including phenoxy) is 1. The SMILES string of the molecule is Cl.NC1C2CCCC1CC(C(=O)NCC1(c3ccc(Cl)cc3)CCOCC1)C2. The van der Waals surface area contributed by atoms with E-state index in [4.69, 9.17) is 22.1 Å². The van der Waals surface area contributed by atoms with Crippen LogP contribution < -0.4 is 11.1 Å². The molecule has 1 aromatic carbocycles. The highest BCUT2D eigenvalue weighted by Gasteiger charge is 2.41. The number of carbonyl (C=O) groups excluding carboxylic acids is 1. The molecule has 1 heterocycles. The summed E-state index contributed by atoms with van der Waals surface area (Å²) in [7, 11) is 0. The van der Waals surface area contributed by atoms with Gasteiger partial charge in [0, 0.05) is 42.2 Å². The second kappa shape index (κ2) is 9.34. The van der Waals surface area contributed by atoms with Crippen molar-refractivity contribution in [2.75, 3.05) is 19.8 Å². The zero-order chi connectivity index (χ0) is 18.9. The van der Waals surface area contributed by atoms with Crippen molar-refractivity contribution in [1.29, 1.82) is 0 Å². The molecule has 3 aliphatic rings. The Kier molecular flexibility index (Phi) is 7.30. The predicted molar refractivity (Wildman–Crippen MR) is 115 cm³/mol. The molecule has 0 spiro atoms. The second-order valence-electron chi connectivity index (χ2n) is 8.81. The van der Waals surface area contributed by atoms with Gasteiger partial charge in [0.05, 0.1) is 0 Å². The van der Waals surface area contributed by atoms with Crippen LogP contribution in [0.4, 0.5) is 0 Å². The summed E-state index contributed by atoms with van der Waals surface area (Å²) >= 11 is 6.08. The monoisotopic (exact) mass is 426 g/mol. The quantitative estimate of drug-likeness (QED) is 0.761. The first-order chi connectivity index (χ1) is 13.1. The summed E-state index contributed by atoms with van der Waals surface area (Å²) in [6.45, 7) is 2.15. The molecule has 2 aliphatic carbocycles. The second-order valence-corrected chi connectivity index (χ2v) is 9.25. The molecule has 2 unspecified atom stereocenters. The topological polar surface area (TPSA) is 64.4 Å². The third-order valence-corrected chi connectivity index (χ3v) is 7.54. The van der Waals surface area contributed by atoms with Crippen molar-refractivity contribution in [1.82, 2.24) is 5.32 Å². The number of hydrogen-bond acceptors (Lipinski definition) is 3. The average molecular weight is 427 g/mol. The van der Waals surface area contributed by atoms with E-state index in [1.54, 1.807) is 0 Å². The maximum absolute atomic E-state index is 13.0. The standard InChI is InChI=1S/C22H31ClN2O2.ClH/c23-19-6-4-18(5-7-19)22(8-10-27-11-9-22)14-25-21(26)17-12-15-2-1-3-16(13-17)20(15)24;/h4-7,15-17,20H,1-3,8-14,24H2,(H,25,26);1H. The summed E-state index contributed by atoms with van der Waals surface area (Å²) in [5, 5.41) is 4.06. The molecular formula is C22H32Cl2N2O2. The molecule has 1 aliphatic heterocycles. The van der Waals surface area contributed by atoms with Gasteiger partial charge in [0.2, 0.25) is 5.91 Å². The van der Waals surface area contributed by atoms with Crippen molar-refractivity contribution in [2.24, 2.45) is 23.5 Å². The first-order valence-corrected chi connectivity index (χ1v) is 10.8. The van der Waals surface area contributed by atoms with Gasteiger partial charge in [-0.3, -0.25) is 4.79 Å². The number of fused-ring (bicyclic) bond motifs is 2. The number of nitrogens with one attached hydrogen (secondary N) is 1. The highest BCUT2D eigenvalue weighted by atomic mass is 35.5. The summed E-state index contributed by atoms with van der Waals surface area (Å²) in [4.78, 5) is 13.0. The molecule has 1 amide bonds. The highest BCUT2D eigenvalue weighted by Crippen LogP contribution is 2.42. The number of halogens is 2. The number of hydrogen-bond donors (Lipinski definition) is 2. The molecule has 28 heavy (non-hydrogen) atoms. The fourth-order valence-corrected chi connectivity index (χ4v) is 5.66. The number of amides is 1. The fraction of sp³-hybridized carbons (Fsp3) is 0.682. The van der Waals surface area contributed by atoms with Crippen LogP contribution in [0, 0.1) is 17.8 Å². The molecule has 4 rings (SSSR count). The van der Waals surface area contributed by atoms with Crippen LogP contribution in [0.15, 0.2) is 24.3 Å². The lowest BCUT2D eigenvalue weighted by Gasteiger charge is -2.44. The van der Waals surface area contributed by atoms with Crippen molar-refractivity contribution in [3.05, 3.63) is 34.9 Å². The van der Waals surface area contributed by atoms with Gasteiger partial charge in [0.25, 0.3) is 0 Å². The molecule has 4 nitrogen and oxygen atoms in total. The van der Waals surface area contributed by atoms with Crippen LogP contribution in [-0.2, 0) is 14.9 Å². The van der Waals surface area contributed by atoms with Gasteiger partial charge >= 0.3 is 0 Å². The van der Waals surface area contributed by atoms with Crippen LogP contribution in [0.2, 0.25) is 5.02 Å². The third kappa shape index (κ3) is 4.51. The van der Waals surface area contributed by atoms with E-state index in [0.717, 1.165) is 43.9 Å². The van der Waals surface area contributed by atoms with E-state index in [9.17, 15) is 4.79 Å². The summed E-state index contributed by atoms with van der Waals surface area (Å²) in [6, 6.07) is 8.39. The van der Waals surface area contributed by atoms with Crippen LogP contribution in [-0.4, -0.2) is 31.7 Å². The van der Waals surface area contributed by atoms with E-state index in [1.165, 1.54) is 24.8 Å².